The van der Waals surface area contributed by atoms with E-state index in [1.165, 1.54) is 0 Å². The van der Waals surface area contributed by atoms with E-state index >= 15 is 0 Å². The van der Waals surface area contributed by atoms with Crippen LogP contribution in [0.3, 0.4) is 0 Å². The minimum Gasteiger partial charge on any atom is -0.374 e. The Bertz CT molecular complexity index is 97.4. The highest BCUT2D eigenvalue weighted by atomic mass is 16.5. The molecule has 0 aromatic rings. The molecule has 1 aliphatic rings. The van der Waals surface area contributed by atoms with Crippen LogP contribution in [0.2, 0.25) is 0 Å². The van der Waals surface area contributed by atoms with Gasteiger partial charge in [-0.3, -0.25) is 0 Å². The summed E-state index contributed by atoms with van der Waals surface area (Å²) in [6.45, 7) is 6.50. The maximum absolute atomic E-state index is 5.47. The third kappa shape index (κ3) is 2.50. The highest BCUT2D eigenvalue weighted by Crippen LogP contribution is 2.06. The van der Waals surface area contributed by atoms with Gasteiger partial charge in [-0.25, -0.2) is 0 Å². The van der Waals surface area contributed by atoms with Crippen molar-refractivity contribution in [3.05, 3.63) is 12.7 Å². The van der Waals surface area contributed by atoms with Crippen LogP contribution in [0.4, 0.5) is 0 Å². The van der Waals surface area contributed by atoms with E-state index in [4.69, 9.17) is 4.74 Å². The van der Waals surface area contributed by atoms with Crippen molar-refractivity contribution in [3.63, 3.8) is 0 Å². The van der Waals surface area contributed by atoms with Gasteiger partial charge in [0.2, 0.25) is 0 Å². The van der Waals surface area contributed by atoms with Crippen LogP contribution in [0.5, 0.6) is 0 Å². The number of hydrogen-bond donors (Lipinski definition) is 1. The molecule has 0 saturated carbocycles. The third-order valence-corrected chi connectivity index (χ3v) is 1.74. The molecular formula is C8H15NO. The molecule has 0 aromatic heterocycles. The van der Waals surface area contributed by atoms with Gasteiger partial charge in [0.05, 0.1) is 12.7 Å². The Morgan fingerprint density at radius 3 is 2.80 bits per heavy atom. The molecule has 10 heavy (non-hydrogen) atoms. The summed E-state index contributed by atoms with van der Waals surface area (Å²) in [6, 6.07) is 0. The van der Waals surface area contributed by atoms with Crippen LogP contribution in [-0.4, -0.2) is 25.8 Å². The van der Waals surface area contributed by atoms with E-state index < -0.39 is 0 Å². The first-order valence-electron chi connectivity index (χ1n) is 3.86. The van der Waals surface area contributed by atoms with Crippen LogP contribution in [0.1, 0.15) is 12.8 Å². The number of rotatable bonds is 3. The topological polar surface area (TPSA) is 21.3 Å². The molecule has 0 spiro atoms. The number of piperidine rings is 1. The molecule has 0 unspecified atom stereocenters. The van der Waals surface area contributed by atoms with Gasteiger partial charge in [-0.1, -0.05) is 6.08 Å². The molecule has 1 N–H and O–H groups in total. The third-order valence-electron chi connectivity index (χ3n) is 1.74. The van der Waals surface area contributed by atoms with E-state index in [-0.39, 0.29) is 0 Å². The van der Waals surface area contributed by atoms with Crippen LogP contribution in [0.15, 0.2) is 12.7 Å². The zero-order valence-corrected chi connectivity index (χ0v) is 6.31. The Morgan fingerprint density at radius 2 is 2.20 bits per heavy atom. The van der Waals surface area contributed by atoms with Crippen molar-refractivity contribution < 1.29 is 4.74 Å². The van der Waals surface area contributed by atoms with Gasteiger partial charge in [0, 0.05) is 0 Å². The van der Waals surface area contributed by atoms with E-state index in [9.17, 15) is 0 Å². The van der Waals surface area contributed by atoms with Gasteiger partial charge in [-0.2, -0.15) is 0 Å². The average Bonchev–Trinajstić information content (AvgIpc) is 2.03. The summed E-state index contributed by atoms with van der Waals surface area (Å²) < 4.78 is 5.47. The lowest BCUT2D eigenvalue weighted by Crippen LogP contribution is -2.32. The van der Waals surface area contributed by atoms with E-state index in [0.29, 0.717) is 12.7 Å². The first-order chi connectivity index (χ1) is 4.93. The SMILES string of the molecule is C=CCOC1CCNCC1. The summed E-state index contributed by atoms with van der Waals surface area (Å²) in [7, 11) is 0. The summed E-state index contributed by atoms with van der Waals surface area (Å²) in [5.41, 5.74) is 0. The Kier molecular flexibility index (Phi) is 3.47. The molecular weight excluding hydrogens is 126 g/mol. The van der Waals surface area contributed by atoms with Gasteiger partial charge in [0.15, 0.2) is 0 Å². The second-order valence-electron chi connectivity index (χ2n) is 2.57. The van der Waals surface area contributed by atoms with Crippen LogP contribution in [-0.2, 0) is 4.74 Å². The summed E-state index contributed by atoms with van der Waals surface area (Å²) >= 11 is 0. The van der Waals surface area contributed by atoms with Crippen molar-refractivity contribution in [3.8, 4) is 0 Å². The molecule has 1 aliphatic heterocycles. The Morgan fingerprint density at radius 1 is 1.50 bits per heavy atom. The smallest absolute Gasteiger partial charge is 0.0648 e. The van der Waals surface area contributed by atoms with Gasteiger partial charge in [0.1, 0.15) is 0 Å². The van der Waals surface area contributed by atoms with Crippen molar-refractivity contribution in [2.24, 2.45) is 0 Å². The fourth-order valence-electron chi connectivity index (χ4n) is 1.17. The zero-order valence-electron chi connectivity index (χ0n) is 6.31. The number of hydrogen-bond acceptors (Lipinski definition) is 2. The Balaban J connectivity index is 2.07. The quantitative estimate of drug-likeness (QED) is 0.591. The van der Waals surface area contributed by atoms with Crippen molar-refractivity contribution in [1.29, 1.82) is 0 Å². The van der Waals surface area contributed by atoms with Crippen molar-refractivity contribution >= 4 is 0 Å². The van der Waals surface area contributed by atoms with Crippen LogP contribution < -0.4 is 5.32 Å². The molecule has 1 saturated heterocycles. The first kappa shape index (κ1) is 7.76. The van der Waals surface area contributed by atoms with Gasteiger partial charge in [-0.05, 0) is 25.9 Å². The Hall–Kier alpha value is -0.340. The fourth-order valence-corrected chi connectivity index (χ4v) is 1.17. The second kappa shape index (κ2) is 4.47. The van der Waals surface area contributed by atoms with E-state index in [1.807, 2.05) is 6.08 Å². The molecule has 0 bridgehead atoms. The molecule has 1 fully saturated rings. The van der Waals surface area contributed by atoms with Crippen molar-refractivity contribution in [2.75, 3.05) is 19.7 Å². The standard InChI is InChI=1S/C8H15NO/c1-2-7-10-8-3-5-9-6-4-8/h2,8-9H,1,3-7H2. The molecule has 2 heteroatoms. The second-order valence-corrected chi connectivity index (χ2v) is 2.57. The highest BCUT2D eigenvalue weighted by Gasteiger charge is 2.11. The monoisotopic (exact) mass is 141 g/mol. The molecule has 0 amide bonds. The average molecular weight is 141 g/mol. The minimum absolute atomic E-state index is 0.472. The summed E-state index contributed by atoms with van der Waals surface area (Å²) in [4.78, 5) is 0. The van der Waals surface area contributed by atoms with Gasteiger partial charge < -0.3 is 10.1 Å². The van der Waals surface area contributed by atoms with Crippen molar-refractivity contribution in [2.45, 2.75) is 18.9 Å². The normalized spacial score (nSPS) is 20.8. The van der Waals surface area contributed by atoms with Crippen LogP contribution in [0, 0.1) is 0 Å². The summed E-state index contributed by atoms with van der Waals surface area (Å²) in [5.74, 6) is 0. The zero-order chi connectivity index (χ0) is 7.23. The molecule has 0 aromatic carbocycles. The van der Waals surface area contributed by atoms with Crippen molar-refractivity contribution in [1.82, 2.24) is 5.32 Å². The predicted molar refractivity (Wildman–Crippen MR) is 42.0 cm³/mol. The maximum atomic E-state index is 5.47. The largest absolute Gasteiger partial charge is 0.374 e. The minimum atomic E-state index is 0.472. The molecule has 0 radical (unpaired) electrons. The van der Waals surface area contributed by atoms with Gasteiger partial charge >= 0.3 is 0 Å². The lowest BCUT2D eigenvalue weighted by molar-refractivity contribution is 0.0517. The van der Waals surface area contributed by atoms with Gasteiger partial charge in [0.25, 0.3) is 0 Å². The first-order valence-corrected chi connectivity index (χ1v) is 3.86. The van der Waals surface area contributed by atoms with Crippen LogP contribution in [0.25, 0.3) is 0 Å². The molecule has 58 valence electrons. The number of nitrogens with one attached hydrogen (secondary N) is 1. The lowest BCUT2D eigenvalue weighted by atomic mass is 10.1. The molecule has 0 aliphatic carbocycles. The fraction of sp³-hybridized carbons (Fsp3) is 0.750. The van der Waals surface area contributed by atoms with Gasteiger partial charge in [-0.15, -0.1) is 6.58 Å². The number of ether oxygens (including phenoxy) is 1. The van der Waals surface area contributed by atoms with E-state index in [2.05, 4.69) is 11.9 Å². The Labute approximate surface area is 62.3 Å². The lowest BCUT2D eigenvalue weighted by Gasteiger charge is -2.22. The molecule has 2 nitrogen and oxygen atoms in total. The molecule has 1 heterocycles. The van der Waals surface area contributed by atoms with E-state index in [0.717, 1.165) is 25.9 Å². The molecule has 1 rings (SSSR count). The molecule has 0 atom stereocenters. The summed E-state index contributed by atoms with van der Waals surface area (Å²) in [5, 5.41) is 3.29. The van der Waals surface area contributed by atoms with E-state index in [1.54, 1.807) is 0 Å². The van der Waals surface area contributed by atoms with Crippen LogP contribution >= 0.6 is 0 Å². The maximum Gasteiger partial charge on any atom is 0.0648 e. The highest BCUT2D eigenvalue weighted by molar-refractivity contribution is 4.71. The summed E-state index contributed by atoms with van der Waals surface area (Å²) in [6.07, 6.45) is 4.57. The predicted octanol–water partition coefficient (Wildman–Crippen LogP) is 0.941.